The molecule has 1 unspecified atom stereocenters. The van der Waals surface area contributed by atoms with Crippen LogP contribution in [0.1, 0.15) is 30.9 Å². The number of piperidine rings is 1. The third-order valence-electron chi connectivity index (χ3n) is 8.35. The van der Waals surface area contributed by atoms with Gasteiger partial charge in [0.05, 0.1) is 0 Å². The first-order chi connectivity index (χ1) is 20.1. The number of carboxylic acids is 1. The zero-order valence-electron chi connectivity index (χ0n) is 22.6. The van der Waals surface area contributed by atoms with Gasteiger partial charge in [-0.15, -0.1) is 0 Å². The second-order valence-electron chi connectivity index (χ2n) is 11.1. The minimum atomic E-state index is -4.71. The van der Waals surface area contributed by atoms with E-state index >= 15 is 0 Å². The van der Waals surface area contributed by atoms with Crippen LogP contribution in [0.3, 0.4) is 0 Å². The third-order valence-corrected chi connectivity index (χ3v) is 8.35. The van der Waals surface area contributed by atoms with Gasteiger partial charge in [-0.1, -0.05) is 60.7 Å². The fourth-order valence-corrected chi connectivity index (χ4v) is 6.00. The Morgan fingerprint density at radius 2 is 1.69 bits per heavy atom. The van der Waals surface area contributed by atoms with Crippen molar-refractivity contribution in [2.24, 2.45) is 5.41 Å². The summed E-state index contributed by atoms with van der Waals surface area (Å²) in [6, 6.07) is 20.8. The normalized spacial score (nSPS) is 19.2. The Kier molecular flexibility index (Phi) is 7.14. The Balaban J connectivity index is 1.19. The number of benzene rings is 3. The Labute approximate surface area is 240 Å². The van der Waals surface area contributed by atoms with Crippen LogP contribution in [0.4, 0.5) is 24.9 Å². The van der Waals surface area contributed by atoms with Crippen molar-refractivity contribution in [3.63, 3.8) is 0 Å². The summed E-state index contributed by atoms with van der Waals surface area (Å²) in [6.45, 7) is 1.73. The van der Waals surface area contributed by atoms with Gasteiger partial charge >= 0.3 is 12.1 Å². The molecule has 0 bridgehead atoms. The Hall–Kier alpha value is -4.38. The van der Waals surface area contributed by atoms with Gasteiger partial charge in [0.2, 0.25) is 17.9 Å². The van der Waals surface area contributed by atoms with Crippen LogP contribution in [0.15, 0.2) is 72.8 Å². The lowest BCUT2D eigenvalue weighted by Gasteiger charge is -2.39. The summed E-state index contributed by atoms with van der Waals surface area (Å²) < 4.78 is 48.2. The van der Waals surface area contributed by atoms with Gasteiger partial charge in [-0.2, -0.15) is 23.1 Å². The summed E-state index contributed by atoms with van der Waals surface area (Å²) in [6.07, 6.45) is -4.98. The second kappa shape index (κ2) is 10.8. The lowest BCUT2D eigenvalue weighted by molar-refractivity contribution is -0.198. The van der Waals surface area contributed by atoms with Crippen LogP contribution >= 0.6 is 0 Å². The van der Waals surface area contributed by atoms with Crippen molar-refractivity contribution in [2.45, 2.75) is 37.6 Å². The molecule has 3 aromatic carbocycles. The maximum absolute atomic E-state index is 14.2. The van der Waals surface area contributed by atoms with Crippen LogP contribution in [0, 0.1) is 5.41 Å². The average molecular weight is 578 g/mol. The van der Waals surface area contributed by atoms with E-state index in [1.807, 2.05) is 47.4 Å². The lowest BCUT2D eigenvalue weighted by Crippen LogP contribution is -2.41. The fourth-order valence-electron chi connectivity index (χ4n) is 6.00. The number of nitrogens with two attached hydrogens (primary N) is 1. The summed E-state index contributed by atoms with van der Waals surface area (Å²) >= 11 is 0. The van der Waals surface area contributed by atoms with Crippen LogP contribution in [0.5, 0.6) is 5.88 Å². The summed E-state index contributed by atoms with van der Waals surface area (Å²) in [5, 5.41) is 14.5. The van der Waals surface area contributed by atoms with E-state index in [9.17, 15) is 23.1 Å². The van der Waals surface area contributed by atoms with Crippen LogP contribution in [0.2, 0.25) is 0 Å². The number of ether oxygens (including phenoxy) is 1. The largest absolute Gasteiger partial charge is 0.480 e. The number of hydrogen-bond acceptors (Lipinski definition) is 7. The maximum Gasteiger partial charge on any atom is 0.429 e. The van der Waals surface area contributed by atoms with E-state index in [-0.39, 0.29) is 22.8 Å². The molecule has 3 heterocycles. The van der Waals surface area contributed by atoms with Gasteiger partial charge in [0, 0.05) is 31.3 Å². The third kappa shape index (κ3) is 5.69. The van der Waals surface area contributed by atoms with Crippen LogP contribution < -0.4 is 20.7 Å². The smallest absolute Gasteiger partial charge is 0.429 e. The number of rotatable bonds is 6. The lowest BCUT2D eigenvalue weighted by atomic mass is 9.76. The molecule has 2 aliphatic heterocycles. The number of anilines is 2. The molecule has 2 fully saturated rings. The highest BCUT2D eigenvalue weighted by atomic mass is 19.4. The topological polar surface area (TPSA) is 114 Å². The maximum atomic E-state index is 14.2. The van der Waals surface area contributed by atoms with E-state index in [0.29, 0.717) is 31.9 Å². The minimum Gasteiger partial charge on any atom is -0.480 e. The highest BCUT2D eigenvalue weighted by Gasteiger charge is 2.45. The molecular formula is C31H30F3N5O3. The molecule has 1 spiro atoms. The Bertz CT molecular complexity index is 1600. The van der Waals surface area contributed by atoms with Crippen molar-refractivity contribution >= 4 is 28.5 Å². The zero-order chi connectivity index (χ0) is 29.5. The summed E-state index contributed by atoms with van der Waals surface area (Å²) in [5.41, 5.74) is 7.39. The quantitative estimate of drug-likeness (QED) is 0.272. The number of carboxylic acid groups (broad SMARTS) is 1. The number of aromatic nitrogens is 2. The molecule has 4 N–H and O–H groups in total. The molecule has 8 nitrogen and oxygen atoms in total. The van der Waals surface area contributed by atoms with E-state index in [0.717, 1.165) is 34.7 Å². The van der Waals surface area contributed by atoms with Crippen LogP contribution in [-0.2, 0) is 4.79 Å². The van der Waals surface area contributed by atoms with E-state index in [2.05, 4.69) is 15.3 Å². The first-order valence-corrected chi connectivity index (χ1v) is 13.8. The fraction of sp³-hybridized carbons (Fsp3) is 0.323. The van der Waals surface area contributed by atoms with Crippen molar-refractivity contribution < 1.29 is 27.8 Å². The van der Waals surface area contributed by atoms with E-state index in [1.165, 1.54) is 18.2 Å². The Morgan fingerprint density at radius 3 is 2.36 bits per heavy atom. The number of nitrogens with one attached hydrogen (secondary N) is 1. The summed E-state index contributed by atoms with van der Waals surface area (Å²) in [7, 11) is 0. The molecule has 6 rings (SSSR count). The van der Waals surface area contributed by atoms with Gasteiger partial charge in [0.15, 0.2) is 0 Å². The highest BCUT2D eigenvalue weighted by Crippen LogP contribution is 2.41. The number of nitrogens with zero attached hydrogens (tertiary/aromatic N) is 3. The molecule has 4 aromatic rings. The summed E-state index contributed by atoms with van der Waals surface area (Å²) in [5.74, 6) is -0.945. The van der Waals surface area contributed by atoms with Crippen molar-refractivity contribution in [3.05, 3.63) is 78.4 Å². The number of aliphatic carboxylic acids is 1. The van der Waals surface area contributed by atoms with Crippen LogP contribution in [0.25, 0.3) is 21.9 Å². The van der Waals surface area contributed by atoms with Crippen molar-refractivity contribution in [2.75, 3.05) is 30.3 Å². The molecule has 0 saturated carbocycles. The number of fused-ring (bicyclic) bond motifs is 1. The van der Waals surface area contributed by atoms with Crippen molar-refractivity contribution in [1.82, 2.24) is 15.3 Å². The molecule has 2 saturated heterocycles. The standard InChI is InChI=1S/C31H30F3N5O3/c32-31(33,34)27(21-8-5-20(6-9-21)23-10-7-19-3-1-2-4-22(19)15-23)42-26-16-25(37-29(35)38-26)39-13-11-30(12-14-39)17-24(28(40)41)36-18-30/h1-10,15-16,24,27,36H,11-14,17-18H2,(H,40,41)(H2,35,37,38)/t24?,27-/m1/s1. The molecule has 0 aliphatic carbocycles. The molecular weight excluding hydrogens is 547 g/mol. The van der Waals surface area contributed by atoms with Gasteiger partial charge in [-0.05, 0) is 52.6 Å². The highest BCUT2D eigenvalue weighted by molar-refractivity contribution is 5.87. The van der Waals surface area contributed by atoms with Crippen LogP contribution in [-0.4, -0.2) is 52.9 Å². The first-order valence-electron chi connectivity index (χ1n) is 13.8. The van der Waals surface area contributed by atoms with Gasteiger partial charge in [-0.25, -0.2) is 0 Å². The van der Waals surface area contributed by atoms with Gasteiger partial charge in [-0.3, -0.25) is 4.79 Å². The SMILES string of the molecule is Nc1nc(O[C@H](c2ccc(-c3ccc4ccccc4c3)cc2)C(F)(F)F)cc(N2CCC3(CC2)CNC(C(=O)O)C3)n1. The predicted octanol–water partition coefficient (Wildman–Crippen LogP) is 5.59. The molecule has 2 aliphatic rings. The molecule has 0 radical (unpaired) electrons. The minimum absolute atomic E-state index is 0.0626. The number of carbonyl (C=O) groups is 1. The summed E-state index contributed by atoms with van der Waals surface area (Å²) in [4.78, 5) is 21.5. The van der Waals surface area contributed by atoms with E-state index in [4.69, 9.17) is 10.5 Å². The second-order valence-corrected chi connectivity index (χ2v) is 11.1. The molecule has 11 heteroatoms. The van der Waals surface area contributed by atoms with E-state index in [1.54, 1.807) is 12.1 Å². The molecule has 2 atom stereocenters. The molecule has 1 aromatic heterocycles. The number of halogens is 3. The predicted molar refractivity (Wildman–Crippen MR) is 153 cm³/mol. The number of nitrogen functional groups attached to an aromatic ring is 1. The monoisotopic (exact) mass is 577 g/mol. The van der Waals surface area contributed by atoms with E-state index < -0.39 is 24.3 Å². The molecule has 218 valence electrons. The molecule has 0 amide bonds. The van der Waals surface area contributed by atoms with Gasteiger partial charge < -0.3 is 25.8 Å². The first kappa shape index (κ1) is 27.8. The zero-order valence-corrected chi connectivity index (χ0v) is 22.6. The van der Waals surface area contributed by atoms with Crippen molar-refractivity contribution in [1.29, 1.82) is 0 Å². The number of hydrogen-bond donors (Lipinski definition) is 3. The Morgan fingerprint density at radius 1 is 1.00 bits per heavy atom. The molecule has 42 heavy (non-hydrogen) atoms. The average Bonchev–Trinajstić information content (AvgIpc) is 3.39. The van der Waals surface area contributed by atoms with Gasteiger partial charge in [0.1, 0.15) is 11.9 Å². The number of alkyl halides is 3. The van der Waals surface area contributed by atoms with Gasteiger partial charge in [0.25, 0.3) is 0 Å². The van der Waals surface area contributed by atoms with Crippen molar-refractivity contribution in [3.8, 4) is 17.0 Å².